The Hall–Kier alpha value is -1.62. The summed E-state index contributed by atoms with van der Waals surface area (Å²) >= 11 is 0. The molecule has 2 aromatic rings. The van der Waals surface area contributed by atoms with Gasteiger partial charge in [-0.1, -0.05) is 25.7 Å². The van der Waals surface area contributed by atoms with Gasteiger partial charge in [0.25, 0.3) is 6.01 Å². The van der Waals surface area contributed by atoms with Crippen LogP contribution < -0.4 is 4.74 Å². The van der Waals surface area contributed by atoms with Gasteiger partial charge in [-0.3, -0.25) is 4.98 Å². The van der Waals surface area contributed by atoms with Gasteiger partial charge >= 0.3 is 0 Å². The van der Waals surface area contributed by atoms with Crippen molar-refractivity contribution in [2.24, 2.45) is 7.05 Å². The van der Waals surface area contributed by atoms with Crippen molar-refractivity contribution in [2.75, 3.05) is 6.61 Å². The molecule has 2 aromatic heterocycles. The van der Waals surface area contributed by atoms with Crippen LogP contribution in [0.25, 0.3) is 0 Å². The number of nitrogens with zero attached hydrogens (tertiary/aromatic N) is 3. The molecule has 4 nitrogen and oxygen atoms in total. The van der Waals surface area contributed by atoms with Gasteiger partial charge in [0.2, 0.25) is 0 Å². The molecule has 108 valence electrons. The second-order valence-corrected chi connectivity index (χ2v) is 11.9. The first-order chi connectivity index (χ1) is 9.44. The lowest BCUT2D eigenvalue weighted by Crippen LogP contribution is -2.22. The van der Waals surface area contributed by atoms with Gasteiger partial charge in [-0.05, 0) is 18.2 Å². The molecule has 0 aliphatic carbocycles. The Bertz CT molecular complexity index is 546. The van der Waals surface area contributed by atoms with Crippen LogP contribution >= 0.6 is 0 Å². The molecule has 0 amide bonds. The molecule has 0 bridgehead atoms. The van der Waals surface area contributed by atoms with Gasteiger partial charge in [0, 0.05) is 39.6 Å². The third-order valence-corrected chi connectivity index (χ3v) is 4.76. The highest BCUT2D eigenvalue weighted by atomic mass is 28.3. The fraction of sp³-hybridized carbons (Fsp3) is 0.467. The third kappa shape index (κ3) is 4.49. The fourth-order valence-electron chi connectivity index (χ4n) is 1.87. The van der Waals surface area contributed by atoms with Gasteiger partial charge in [0.1, 0.15) is 0 Å². The zero-order valence-corrected chi connectivity index (χ0v) is 13.8. The maximum atomic E-state index is 5.80. The van der Waals surface area contributed by atoms with Crippen LogP contribution in [0.1, 0.15) is 11.4 Å². The fourth-order valence-corrected chi connectivity index (χ4v) is 2.58. The minimum Gasteiger partial charge on any atom is -0.465 e. The van der Waals surface area contributed by atoms with Crippen LogP contribution in [0.5, 0.6) is 6.01 Å². The molecule has 0 saturated heterocycles. The predicted octanol–water partition coefficient (Wildman–Crippen LogP) is 3.12. The van der Waals surface area contributed by atoms with Crippen molar-refractivity contribution >= 4 is 8.07 Å². The van der Waals surface area contributed by atoms with E-state index in [2.05, 4.69) is 29.6 Å². The van der Waals surface area contributed by atoms with Crippen LogP contribution in [-0.2, 0) is 13.5 Å². The highest BCUT2D eigenvalue weighted by molar-refractivity contribution is 6.76. The highest BCUT2D eigenvalue weighted by Gasteiger charge is 2.14. The summed E-state index contributed by atoms with van der Waals surface area (Å²) in [5, 5.41) is 0. The van der Waals surface area contributed by atoms with Crippen molar-refractivity contribution in [2.45, 2.75) is 32.1 Å². The molecule has 0 unspecified atom stereocenters. The molecule has 5 heteroatoms. The van der Waals surface area contributed by atoms with Gasteiger partial charge in [0.15, 0.2) is 0 Å². The van der Waals surface area contributed by atoms with Crippen molar-refractivity contribution < 1.29 is 4.74 Å². The van der Waals surface area contributed by atoms with Crippen LogP contribution in [0.2, 0.25) is 25.7 Å². The zero-order valence-electron chi connectivity index (χ0n) is 12.8. The topological polar surface area (TPSA) is 39.9 Å². The Morgan fingerprint density at radius 3 is 2.65 bits per heavy atom. The van der Waals surface area contributed by atoms with Crippen LogP contribution in [0.15, 0.2) is 30.6 Å². The molecule has 0 fully saturated rings. The predicted molar refractivity (Wildman–Crippen MR) is 83.9 cm³/mol. The number of hydrogen-bond donors (Lipinski definition) is 0. The molecule has 0 saturated carbocycles. The minimum atomic E-state index is -1.05. The molecule has 2 heterocycles. The average Bonchev–Trinajstić information content (AvgIpc) is 2.69. The van der Waals surface area contributed by atoms with Gasteiger partial charge in [0.05, 0.1) is 12.3 Å². The molecule has 20 heavy (non-hydrogen) atoms. The molecule has 0 aliphatic heterocycles. The van der Waals surface area contributed by atoms with Crippen LogP contribution in [0.4, 0.5) is 0 Å². The monoisotopic (exact) mass is 289 g/mol. The Kier molecular flexibility index (Phi) is 4.59. The number of imidazole rings is 1. The first-order valence-electron chi connectivity index (χ1n) is 6.99. The van der Waals surface area contributed by atoms with E-state index in [0.717, 1.165) is 30.5 Å². The molecular formula is C15H23N3OSi. The number of aromatic nitrogens is 3. The second-order valence-electron chi connectivity index (χ2n) is 6.28. The first-order valence-corrected chi connectivity index (χ1v) is 10.7. The van der Waals surface area contributed by atoms with E-state index in [-0.39, 0.29) is 0 Å². The normalized spacial score (nSPS) is 11.6. The molecule has 0 spiro atoms. The van der Waals surface area contributed by atoms with Gasteiger partial charge in [-0.25, -0.2) is 0 Å². The van der Waals surface area contributed by atoms with Crippen molar-refractivity contribution in [1.29, 1.82) is 0 Å². The highest BCUT2D eigenvalue weighted by Crippen LogP contribution is 2.14. The molecule has 0 aliphatic rings. The second kappa shape index (κ2) is 6.22. The SMILES string of the molecule is Cn1cc(Cc2ccccn2)nc1OCC[Si](C)(C)C. The number of aryl methyl sites for hydroxylation is 1. The smallest absolute Gasteiger partial charge is 0.296 e. The van der Waals surface area contributed by atoms with Gasteiger partial charge < -0.3 is 9.30 Å². The van der Waals surface area contributed by atoms with E-state index in [1.165, 1.54) is 0 Å². The lowest BCUT2D eigenvalue weighted by Gasteiger charge is -2.15. The van der Waals surface area contributed by atoms with Crippen LogP contribution in [-0.4, -0.2) is 29.2 Å². The van der Waals surface area contributed by atoms with Crippen molar-refractivity contribution in [3.8, 4) is 6.01 Å². The van der Waals surface area contributed by atoms with E-state index in [4.69, 9.17) is 4.74 Å². The van der Waals surface area contributed by atoms with Crippen molar-refractivity contribution in [1.82, 2.24) is 14.5 Å². The molecule has 0 N–H and O–H groups in total. The summed E-state index contributed by atoms with van der Waals surface area (Å²) in [5.74, 6) is 0. The van der Waals surface area contributed by atoms with Gasteiger partial charge in [-0.15, -0.1) is 0 Å². The van der Waals surface area contributed by atoms with E-state index in [1.54, 1.807) is 0 Å². The van der Waals surface area contributed by atoms with E-state index >= 15 is 0 Å². The molecule has 0 radical (unpaired) electrons. The summed E-state index contributed by atoms with van der Waals surface area (Å²) in [6.45, 7) is 7.80. The number of pyridine rings is 1. The summed E-state index contributed by atoms with van der Waals surface area (Å²) in [7, 11) is 0.916. The van der Waals surface area contributed by atoms with E-state index in [9.17, 15) is 0 Å². The lowest BCUT2D eigenvalue weighted by molar-refractivity contribution is 0.300. The summed E-state index contributed by atoms with van der Waals surface area (Å²) in [6.07, 6.45) is 4.56. The number of hydrogen-bond acceptors (Lipinski definition) is 3. The summed E-state index contributed by atoms with van der Waals surface area (Å²) in [6, 6.07) is 7.79. The number of ether oxygens (including phenoxy) is 1. The Morgan fingerprint density at radius 1 is 1.20 bits per heavy atom. The molecular weight excluding hydrogens is 266 g/mol. The van der Waals surface area contributed by atoms with E-state index < -0.39 is 8.07 Å². The Labute approximate surface area is 121 Å². The quantitative estimate of drug-likeness (QED) is 0.767. The van der Waals surface area contributed by atoms with Crippen molar-refractivity contribution in [3.05, 3.63) is 42.0 Å². The largest absolute Gasteiger partial charge is 0.465 e. The molecule has 2 rings (SSSR count). The first kappa shape index (κ1) is 14.8. The van der Waals surface area contributed by atoms with E-state index in [1.807, 2.05) is 42.2 Å². The third-order valence-electron chi connectivity index (χ3n) is 3.06. The summed E-state index contributed by atoms with van der Waals surface area (Å²) in [5.41, 5.74) is 2.02. The summed E-state index contributed by atoms with van der Waals surface area (Å²) in [4.78, 5) is 8.86. The Morgan fingerprint density at radius 2 is 2.00 bits per heavy atom. The molecule has 0 atom stereocenters. The van der Waals surface area contributed by atoms with Crippen LogP contribution in [0, 0.1) is 0 Å². The minimum absolute atomic E-state index is 0.703. The van der Waals surface area contributed by atoms with Crippen molar-refractivity contribution in [3.63, 3.8) is 0 Å². The maximum absolute atomic E-state index is 5.80. The summed E-state index contributed by atoms with van der Waals surface area (Å²) < 4.78 is 7.74. The maximum Gasteiger partial charge on any atom is 0.296 e. The Balaban J connectivity index is 1.95. The lowest BCUT2D eigenvalue weighted by atomic mass is 10.2. The standard InChI is InChI=1S/C15H23N3OSi/c1-18-12-14(11-13-7-5-6-8-16-13)17-15(18)19-9-10-20(2,3)4/h5-8,12H,9-11H2,1-4H3. The van der Waals surface area contributed by atoms with E-state index in [0.29, 0.717) is 6.01 Å². The molecule has 0 aromatic carbocycles. The van der Waals surface area contributed by atoms with Gasteiger partial charge in [-0.2, -0.15) is 4.98 Å². The zero-order chi connectivity index (χ0) is 14.6. The average molecular weight is 289 g/mol. The van der Waals surface area contributed by atoms with Crippen LogP contribution in [0.3, 0.4) is 0 Å². The number of rotatable bonds is 6.